The van der Waals surface area contributed by atoms with Gasteiger partial charge in [-0.1, -0.05) is 23.7 Å². The number of halogens is 4. The van der Waals surface area contributed by atoms with E-state index in [0.717, 1.165) is 36.1 Å². The van der Waals surface area contributed by atoms with Crippen LogP contribution >= 0.6 is 11.6 Å². The second-order valence-electron chi connectivity index (χ2n) is 9.17. The summed E-state index contributed by atoms with van der Waals surface area (Å²) in [7, 11) is 0. The van der Waals surface area contributed by atoms with Gasteiger partial charge >= 0.3 is 11.9 Å². The summed E-state index contributed by atoms with van der Waals surface area (Å²) in [6.07, 6.45) is -2.22. The SMILES string of the molecule is O=C(Cn1nc(-c2ccc(Cl)cc2)n(C2CC2)c1=O)NC(C(=O)N1CCC1)c1cccc(C(F)(F)F)c1. The molecule has 1 saturated carbocycles. The highest BCUT2D eigenvalue weighted by Gasteiger charge is 2.35. The average molecular weight is 534 g/mol. The molecule has 0 bridgehead atoms. The number of rotatable bonds is 7. The van der Waals surface area contributed by atoms with Crippen LogP contribution in [0.4, 0.5) is 13.2 Å². The monoisotopic (exact) mass is 533 g/mol. The Balaban J connectivity index is 1.42. The second kappa shape index (κ2) is 9.70. The Kier molecular flexibility index (Phi) is 6.57. The highest BCUT2D eigenvalue weighted by atomic mass is 35.5. The molecular weight excluding hydrogens is 511 g/mol. The first kappa shape index (κ1) is 25.1. The van der Waals surface area contributed by atoms with Gasteiger partial charge in [-0.2, -0.15) is 13.2 Å². The molecule has 12 heteroatoms. The van der Waals surface area contributed by atoms with Crippen LogP contribution in [0.5, 0.6) is 0 Å². The molecule has 0 spiro atoms. The summed E-state index contributed by atoms with van der Waals surface area (Å²) in [6.45, 7) is 0.418. The molecule has 1 N–H and O–H groups in total. The Morgan fingerprint density at radius 2 is 1.81 bits per heavy atom. The Labute approximate surface area is 214 Å². The van der Waals surface area contributed by atoms with E-state index in [1.165, 1.54) is 21.6 Å². The van der Waals surface area contributed by atoms with Gasteiger partial charge in [0.15, 0.2) is 5.82 Å². The molecule has 1 aromatic heterocycles. The summed E-state index contributed by atoms with van der Waals surface area (Å²) >= 11 is 5.97. The van der Waals surface area contributed by atoms with Crippen LogP contribution in [-0.4, -0.2) is 44.2 Å². The fourth-order valence-corrected chi connectivity index (χ4v) is 4.35. The van der Waals surface area contributed by atoms with Crippen LogP contribution in [0.2, 0.25) is 5.02 Å². The van der Waals surface area contributed by atoms with Crippen molar-refractivity contribution in [2.24, 2.45) is 0 Å². The molecule has 2 amide bonds. The summed E-state index contributed by atoms with van der Waals surface area (Å²) in [6, 6.07) is 9.76. The van der Waals surface area contributed by atoms with Crippen molar-refractivity contribution in [3.63, 3.8) is 0 Å². The first-order chi connectivity index (χ1) is 17.6. The molecular formula is C25H23ClF3N5O3. The van der Waals surface area contributed by atoms with Crippen molar-refractivity contribution in [1.29, 1.82) is 0 Å². The maximum absolute atomic E-state index is 13.3. The molecule has 1 saturated heterocycles. The van der Waals surface area contributed by atoms with E-state index in [1.807, 2.05) is 0 Å². The lowest BCUT2D eigenvalue weighted by Crippen LogP contribution is -2.49. The standard InChI is InChI=1S/C25H23ClF3N5O3/c26-18-7-5-15(6-8-18)22-31-33(24(37)34(22)19-9-10-19)14-20(35)30-21(23(36)32-11-2-12-32)16-3-1-4-17(13-16)25(27,28)29/h1,3-8,13,19,21H,2,9-12,14H2,(H,30,35). The second-order valence-corrected chi connectivity index (χ2v) is 9.61. The predicted molar refractivity (Wildman–Crippen MR) is 129 cm³/mol. The molecule has 5 rings (SSSR count). The van der Waals surface area contributed by atoms with Gasteiger partial charge in [-0.25, -0.2) is 9.48 Å². The molecule has 8 nitrogen and oxygen atoms in total. The topological polar surface area (TPSA) is 89.2 Å². The quantitative estimate of drug-likeness (QED) is 0.500. The zero-order valence-electron chi connectivity index (χ0n) is 19.5. The number of hydrogen-bond donors (Lipinski definition) is 1. The minimum absolute atomic E-state index is 0.0118. The summed E-state index contributed by atoms with van der Waals surface area (Å²) in [4.78, 5) is 40.6. The van der Waals surface area contributed by atoms with E-state index in [0.29, 0.717) is 29.5 Å². The number of carbonyl (C=O) groups is 2. The molecule has 194 valence electrons. The highest BCUT2D eigenvalue weighted by Crippen LogP contribution is 2.36. The van der Waals surface area contributed by atoms with E-state index in [-0.39, 0.29) is 11.6 Å². The third-order valence-electron chi connectivity index (χ3n) is 6.45. The summed E-state index contributed by atoms with van der Waals surface area (Å²) in [5.74, 6) is -0.832. The first-order valence-corrected chi connectivity index (χ1v) is 12.2. The molecule has 2 aromatic carbocycles. The van der Waals surface area contributed by atoms with Gasteiger partial charge in [-0.3, -0.25) is 14.2 Å². The van der Waals surface area contributed by atoms with Crippen molar-refractivity contribution in [3.05, 3.63) is 75.2 Å². The molecule has 2 aliphatic rings. The lowest BCUT2D eigenvalue weighted by molar-refractivity contribution is -0.140. The highest BCUT2D eigenvalue weighted by molar-refractivity contribution is 6.30. The minimum Gasteiger partial charge on any atom is -0.340 e. The van der Waals surface area contributed by atoms with Crippen LogP contribution in [0.1, 0.15) is 42.5 Å². The van der Waals surface area contributed by atoms with Crippen molar-refractivity contribution in [2.75, 3.05) is 13.1 Å². The normalized spacial score (nSPS) is 16.3. The van der Waals surface area contributed by atoms with E-state index in [2.05, 4.69) is 10.4 Å². The summed E-state index contributed by atoms with van der Waals surface area (Å²) in [5.41, 5.74) is -0.736. The maximum Gasteiger partial charge on any atom is 0.416 e. The molecule has 1 atom stereocenters. The third-order valence-corrected chi connectivity index (χ3v) is 6.70. The zero-order valence-corrected chi connectivity index (χ0v) is 20.3. The molecule has 0 radical (unpaired) electrons. The number of aromatic nitrogens is 3. The number of likely N-dealkylation sites (tertiary alicyclic amines) is 1. The number of benzene rings is 2. The minimum atomic E-state index is -4.61. The zero-order chi connectivity index (χ0) is 26.3. The van der Waals surface area contributed by atoms with Gasteiger partial charge in [0.05, 0.1) is 5.56 Å². The molecule has 2 heterocycles. The van der Waals surface area contributed by atoms with E-state index in [1.54, 1.807) is 24.3 Å². The largest absolute Gasteiger partial charge is 0.416 e. The number of nitrogens with zero attached hydrogens (tertiary/aromatic N) is 4. The molecule has 1 aliphatic carbocycles. The lowest BCUT2D eigenvalue weighted by atomic mass is 10.0. The van der Waals surface area contributed by atoms with Gasteiger partial charge in [0.1, 0.15) is 12.6 Å². The van der Waals surface area contributed by atoms with Gasteiger partial charge in [-0.05, 0) is 61.2 Å². The van der Waals surface area contributed by atoms with Gasteiger partial charge in [0.2, 0.25) is 11.8 Å². The molecule has 1 unspecified atom stereocenters. The number of amides is 2. The summed E-state index contributed by atoms with van der Waals surface area (Å²) in [5, 5.41) is 7.42. The van der Waals surface area contributed by atoms with Crippen LogP contribution in [0.3, 0.4) is 0 Å². The third kappa shape index (κ3) is 5.27. The van der Waals surface area contributed by atoms with E-state index < -0.39 is 41.8 Å². The Morgan fingerprint density at radius 1 is 1.11 bits per heavy atom. The average Bonchev–Trinajstić information content (AvgIpc) is 3.60. The van der Waals surface area contributed by atoms with Crippen LogP contribution < -0.4 is 11.0 Å². The van der Waals surface area contributed by atoms with Crippen LogP contribution in [-0.2, 0) is 22.3 Å². The van der Waals surface area contributed by atoms with Crippen molar-refractivity contribution in [2.45, 2.75) is 44.1 Å². The molecule has 2 fully saturated rings. The molecule has 1 aliphatic heterocycles. The van der Waals surface area contributed by atoms with Crippen molar-refractivity contribution >= 4 is 23.4 Å². The van der Waals surface area contributed by atoms with E-state index in [9.17, 15) is 27.6 Å². The predicted octanol–water partition coefficient (Wildman–Crippen LogP) is 3.81. The van der Waals surface area contributed by atoms with E-state index in [4.69, 9.17) is 11.6 Å². The number of carbonyl (C=O) groups excluding carboxylic acids is 2. The van der Waals surface area contributed by atoms with Crippen molar-refractivity contribution in [3.8, 4) is 11.4 Å². The van der Waals surface area contributed by atoms with Gasteiger partial charge in [0, 0.05) is 29.7 Å². The van der Waals surface area contributed by atoms with Crippen molar-refractivity contribution < 1.29 is 22.8 Å². The first-order valence-electron chi connectivity index (χ1n) is 11.8. The van der Waals surface area contributed by atoms with Crippen molar-refractivity contribution in [1.82, 2.24) is 24.6 Å². The number of hydrogen-bond acceptors (Lipinski definition) is 4. The van der Waals surface area contributed by atoms with E-state index >= 15 is 0 Å². The Morgan fingerprint density at radius 3 is 2.41 bits per heavy atom. The molecule has 37 heavy (non-hydrogen) atoms. The van der Waals surface area contributed by atoms with Gasteiger partial charge in [-0.15, -0.1) is 5.10 Å². The lowest BCUT2D eigenvalue weighted by Gasteiger charge is -2.34. The fourth-order valence-electron chi connectivity index (χ4n) is 4.22. The fraction of sp³-hybridized carbons (Fsp3) is 0.360. The smallest absolute Gasteiger partial charge is 0.340 e. The number of alkyl halides is 3. The Bertz CT molecular complexity index is 1390. The number of nitrogens with one attached hydrogen (secondary N) is 1. The van der Waals surface area contributed by atoms with Crippen LogP contribution in [0.25, 0.3) is 11.4 Å². The Hall–Kier alpha value is -3.60. The maximum atomic E-state index is 13.3. The van der Waals surface area contributed by atoms with Crippen LogP contribution in [0.15, 0.2) is 53.3 Å². The van der Waals surface area contributed by atoms with Gasteiger partial charge < -0.3 is 10.2 Å². The molecule has 3 aromatic rings. The van der Waals surface area contributed by atoms with Gasteiger partial charge in [0.25, 0.3) is 0 Å². The van der Waals surface area contributed by atoms with Crippen LogP contribution in [0, 0.1) is 0 Å². The summed E-state index contributed by atoms with van der Waals surface area (Å²) < 4.78 is 42.4.